The molecule has 0 spiro atoms. The molecule has 1 atom stereocenters. The lowest BCUT2D eigenvalue weighted by Gasteiger charge is -2.11. The number of amides is 1. The Morgan fingerprint density at radius 1 is 1.59 bits per heavy atom. The van der Waals surface area contributed by atoms with Crippen molar-refractivity contribution in [3.63, 3.8) is 0 Å². The summed E-state index contributed by atoms with van der Waals surface area (Å²) in [6, 6.07) is 3.92. The van der Waals surface area contributed by atoms with Crippen LogP contribution < -0.4 is 5.32 Å². The van der Waals surface area contributed by atoms with Crippen molar-refractivity contribution in [3.05, 3.63) is 46.0 Å². The van der Waals surface area contributed by atoms with E-state index in [1.165, 1.54) is 11.3 Å². The second-order valence-electron chi connectivity index (χ2n) is 4.20. The second kappa shape index (κ2) is 5.19. The summed E-state index contributed by atoms with van der Waals surface area (Å²) in [6.45, 7) is 3.98. The van der Waals surface area contributed by atoms with Crippen molar-refractivity contribution in [3.8, 4) is 0 Å². The Kier molecular flexibility index (Phi) is 3.64. The molecule has 17 heavy (non-hydrogen) atoms. The van der Waals surface area contributed by atoms with Crippen LogP contribution in [-0.4, -0.2) is 11.9 Å². The normalized spacial score (nSPS) is 12.4. The van der Waals surface area contributed by atoms with E-state index in [0.29, 0.717) is 0 Å². The highest BCUT2D eigenvalue weighted by atomic mass is 32.1. The van der Waals surface area contributed by atoms with Crippen molar-refractivity contribution >= 4 is 17.2 Å². The van der Waals surface area contributed by atoms with Crippen molar-refractivity contribution in [2.75, 3.05) is 0 Å². The predicted molar refractivity (Wildman–Crippen MR) is 68.4 cm³/mol. The van der Waals surface area contributed by atoms with Gasteiger partial charge in [-0.3, -0.25) is 4.79 Å². The summed E-state index contributed by atoms with van der Waals surface area (Å²) in [7, 11) is 0. The molecule has 2 aromatic heterocycles. The fraction of sp³-hybridized carbons (Fsp3) is 0.308. The summed E-state index contributed by atoms with van der Waals surface area (Å²) in [5.74, 6) is -0.000838. The van der Waals surface area contributed by atoms with Gasteiger partial charge in [0.25, 0.3) is 5.91 Å². The molecule has 0 aliphatic carbocycles. The standard InChI is InChI=1S/C13H15NO2S/c1-9-5-12(17-8-9)13(15)14-10(2)6-11-3-4-16-7-11/h3-5,7-8,10H,6H2,1-2H3,(H,14,15). The van der Waals surface area contributed by atoms with E-state index < -0.39 is 0 Å². The number of aryl methyl sites for hydroxylation is 1. The van der Waals surface area contributed by atoms with E-state index in [2.05, 4.69) is 5.32 Å². The molecule has 1 N–H and O–H groups in total. The molecule has 0 radical (unpaired) electrons. The van der Waals surface area contributed by atoms with E-state index in [0.717, 1.165) is 22.4 Å². The molecule has 90 valence electrons. The maximum Gasteiger partial charge on any atom is 0.261 e. The molecule has 2 heterocycles. The summed E-state index contributed by atoms with van der Waals surface area (Å²) in [4.78, 5) is 12.6. The van der Waals surface area contributed by atoms with Crippen LogP contribution >= 0.6 is 11.3 Å². The molecule has 0 saturated heterocycles. The Balaban J connectivity index is 1.90. The predicted octanol–water partition coefficient (Wildman–Crippen LogP) is 3.01. The Morgan fingerprint density at radius 2 is 2.41 bits per heavy atom. The van der Waals surface area contributed by atoms with Gasteiger partial charge in [0.05, 0.1) is 17.4 Å². The van der Waals surface area contributed by atoms with Crippen LogP contribution in [0.4, 0.5) is 0 Å². The minimum Gasteiger partial charge on any atom is -0.472 e. The highest BCUT2D eigenvalue weighted by Crippen LogP contribution is 2.14. The molecule has 1 unspecified atom stereocenters. The third-order valence-electron chi connectivity index (χ3n) is 2.45. The van der Waals surface area contributed by atoms with Gasteiger partial charge in [-0.1, -0.05) is 0 Å². The Bertz CT molecular complexity index is 487. The molecule has 2 rings (SSSR count). The van der Waals surface area contributed by atoms with Crippen molar-refractivity contribution in [2.24, 2.45) is 0 Å². The first-order chi connectivity index (χ1) is 8.15. The molecular formula is C13H15NO2S. The molecule has 0 fully saturated rings. The molecule has 1 amide bonds. The number of hydrogen-bond acceptors (Lipinski definition) is 3. The molecular weight excluding hydrogens is 234 g/mol. The highest BCUT2D eigenvalue weighted by molar-refractivity contribution is 7.12. The summed E-state index contributed by atoms with van der Waals surface area (Å²) >= 11 is 1.48. The third-order valence-corrected chi connectivity index (χ3v) is 3.50. The number of thiophene rings is 1. The smallest absolute Gasteiger partial charge is 0.261 e. The summed E-state index contributed by atoms with van der Waals surface area (Å²) in [6.07, 6.45) is 4.14. The van der Waals surface area contributed by atoms with Gasteiger partial charge >= 0.3 is 0 Å². The zero-order chi connectivity index (χ0) is 12.3. The number of nitrogens with one attached hydrogen (secondary N) is 1. The zero-order valence-electron chi connectivity index (χ0n) is 9.90. The first-order valence-electron chi connectivity index (χ1n) is 5.52. The van der Waals surface area contributed by atoms with Crippen molar-refractivity contribution < 1.29 is 9.21 Å². The van der Waals surface area contributed by atoms with Crippen LogP contribution in [0.3, 0.4) is 0 Å². The monoisotopic (exact) mass is 249 g/mol. The SMILES string of the molecule is Cc1csc(C(=O)NC(C)Cc2ccoc2)c1. The highest BCUT2D eigenvalue weighted by Gasteiger charge is 2.12. The molecule has 0 aliphatic heterocycles. The van der Waals surface area contributed by atoms with E-state index >= 15 is 0 Å². The van der Waals surface area contributed by atoms with Crippen LogP contribution in [0, 0.1) is 6.92 Å². The minimum atomic E-state index is -0.000838. The van der Waals surface area contributed by atoms with Crippen LogP contribution in [0.2, 0.25) is 0 Å². The molecule has 0 bridgehead atoms. The lowest BCUT2D eigenvalue weighted by Crippen LogP contribution is -2.33. The first-order valence-corrected chi connectivity index (χ1v) is 6.40. The van der Waals surface area contributed by atoms with Crippen LogP contribution in [-0.2, 0) is 6.42 Å². The van der Waals surface area contributed by atoms with Crippen LogP contribution in [0.25, 0.3) is 0 Å². The van der Waals surface area contributed by atoms with E-state index in [-0.39, 0.29) is 11.9 Å². The van der Waals surface area contributed by atoms with Crippen LogP contribution in [0.1, 0.15) is 27.7 Å². The molecule has 0 aliphatic rings. The fourth-order valence-corrected chi connectivity index (χ4v) is 2.46. The fourth-order valence-electron chi connectivity index (χ4n) is 1.66. The lowest BCUT2D eigenvalue weighted by atomic mass is 10.1. The van der Waals surface area contributed by atoms with Gasteiger partial charge in [0.2, 0.25) is 0 Å². The van der Waals surface area contributed by atoms with Crippen molar-refractivity contribution in [1.82, 2.24) is 5.32 Å². The van der Waals surface area contributed by atoms with E-state index in [1.54, 1.807) is 12.5 Å². The van der Waals surface area contributed by atoms with Gasteiger partial charge in [-0.15, -0.1) is 11.3 Å². The molecule has 3 nitrogen and oxygen atoms in total. The minimum absolute atomic E-state index is 0.000838. The topological polar surface area (TPSA) is 42.2 Å². The molecule has 4 heteroatoms. The number of furan rings is 1. The third kappa shape index (κ3) is 3.20. The average molecular weight is 249 g/mol. The van der Waals surface area contributed by atoms with Gasteiger partial charge in [0.15, 0.2) is 0 Å². The van der Waals surface area contributed by atoms with Crippen LogP contribution in [0.15, 0.2) is 34.5 Å². The summed E-state index contributed by atoms with van der Waals surface area (Å²) in [5.41, 5.74) is 2.22. The first kappa shape index (κ1) is 11.9. The second-order valence-corrected chi connectivity index (χ2v) is 5.11. The Labute approximate surface area is 104 Å². The summed E-state index contributed by atoms with van der Waals surface area (Å²) < 4.78 is 5.00. The van der Waals surface area contributed by atoms with Gasteiger partial charge in [-0.25, -0.2) is 0 Å². The lowest BCUT2D eigenvalue weighted by molar-refractivity contribution is 0.0944. The van der Waals surface area contributed by atoms with Crippen molar-refractivity contribution in [2.45, 2.75) is 26.3 Å². The number of rotatable bonds is 4. The van der Waals surface area contributed by atoms with Crippen LogP contribution in [0.5, 0.6) is 0 Å². The maximum atomic E-state index is 11.9. The number of hydrogen-bond donors (Lipinski definition) is 1. The van der Waals surface area contributed by atoms with Gasteiger partial charge < -0.3 is 9.73 Å². The van der Waals surface area contributed by atoms with Gasteiger partial charge in [-0.05, 0) is 48.9 Å². The summed E-state index contributed by atoms with van der Waals surface area (Å²) in [5, 5.41) is 4.96. The van der Waals surface area contributed by atoms with Crippen molar-refractivity contribution in [1.29, 1.82) is 0 Å². The molecule has 2 aromatic rings. The largest absolute Gasteiger partial charge is 0.472 e. The maximum absolute atomic E-state index is 11.9. The van der Waals surface area contributed by atoms with Gasteiger partial charge in [-0.2, -0.15) is 0 Å². The van der Waals surface area contributed by atoms with E-state index in [1.807, 2.05) is 31.4 Å². The Morgan fingerprint density at radius 3 is 3.00 bits per heavy atom. The molecule has 0 saturated carbocycles. The van der Waals surface area contributed by atoms with Gasteiger partial charge in [0.1, 0.15) is 0 Å². The van der Waals surface area contributed by atoms with E-state index in [4.69, 9.17) is 4.42 Å². The quantitative estimate of drug-likeness (QED) is 0.905. The average Bonchev–Trinajstić information content (AvgIpc) is 2.89. The van der Waals surface area contributed by atoms with E-state index in [9.17, 15) is 4.79 Å². The number of carbonyl (C=O) groups excluding carboxylic acids is 1. The zero-order valence-corrected chi connectivity index (χ0v) is 10.7. The molecule has 0 aromatic carbocycles. The Hall–Kier alpha value is -1.55. The van der Waals surface area contributed by atoms with Gasteiger partial charge in [0, 0.05) is 6.04 Å². The number of carbonyl (C=O) groups is 1.